The fraction of sp³-hybridized carbons (Fsp3) is 0.786. The topological polar surface area (TPSA) is 37.0 Å². The number of piperidine rings is 1. The maximum atomic E-state index is 4.39. The molecule has 2 heterocycles. The average Bonchev–Trinajstić information content (AvgIpc) is 2.91. The molecule has 0 radical (unpaired) electrons. The van der Waals surface area contributed by atoms with Gasteiger partial charge in [-0.2, -0.15) is 0 Å². The van der Waals surface area contributed by atoms with Crippen LogP contribution in [0.1, 0.15) is 50.6 Å². The van der Waals surface area contributed by atoms with Crippen LogP contribution in [0, 0.1) is 5.41 Å². The van der Waals surface area contributed by atoms with Crippen molar-refractivity contribution in [3.63, 3.8) is 0 Å². The molecule has 0 aromatic carbocycles. The lowest BCUT2D eigenvalue weighted by Gasteiger charge is -2.38. The van der Waals surface area contributed by atoms with Gasteiger partial charge in [0.2, 0.25) is 0 Å². The number of rotatable bonds is 6. The largest absolute Gasteiger partial charge is 0.316 e. The van der Waals surface area contributed by atoms with Crippen LogP contribution >= 0.6 is 11.3 Å². The zero-order valence-electron chi connectivity index (χ0n) is 11.5. The van der Waals surface area contributed by atoms with Crippen molar-refractivity contribution in [2.75, 3.05) is 19.6 Å². The highest BCUT2D eigenvalue weighted by atomic mass is 32.1. The summed E-state index contributed by atoms with van der Waals surface area (Å²) in [5.74, 6) is 0. The van der Waals surface area contributed by atoms with E-state index in [9.17, 15) is 0 Å². The molecular formula is C14H25N3S. The van der Waals surface area contributed by atoms with Crippen LogP contribution in [0.15, 0.2) is 11.6 Å². The summed E-state index contributed by atoms with van der Waals surface area (Å²) in [4.78, 5) is 4.39. The summed E-state index contributed by atoms with van der Waals surface area (Å²) in [6.45, 7) is 7.97. The van der Waals surface area contributed by atoms with Gasteiger partial charge in [-0.05, 0) is 38.1 Å². The fourth-order valence-corrected chi connectivity index (χ4v) is 3.59. The van der Waals surface area contributed by atoms with E-state index in [2.05, 4.69) is 34.8 Å². The van der Waals surface area contributed by atoms with E-state index in [0.717, 1.165) is 6.54 Å². The van der Waals surface area contributed by atoms with Crippen LogP contribution in [0.4, 0.5) is 0 Å². The molecule has 2 N–H and O–H groups in total. The second-order valence-corrected chi connectivity index (χ2v) is 6.43. The molecule has 1 aromatic rings. The van der Waals surface area contributed by atoms with Crippen LogP contribution in [0.2, 0.25) is 0 Å². The van der Waals surface area contributed by atoms with E-state index in [4.69, 9.17) is 0 Å². The van der Waals surface area contributed by atoms with E-state index in [1.54, 1.807) is 11.3 Å². The first-order valence-corrected chi connectivity index (χ1v) is 7.97. The van der Waals surface area contributed by atoms with Gasteiger partial charge in [0.25, 0.3) is 0 Å². The van der Waals surface area contributed by atoms with Crippen molar-refractivity contribution < 1.29 is 0 Å². The summed E-state index contributed by atoms with van der Waals surface area (Å²) in [5.41, 5.74) is 0.457. The molecule has 0 spiro atoms. The maximum Gasteiger partial charge on any atom is 0.109 e. The molecule has 18 heavy (non-hydrogen) atoms. The predicted molar refractivity (Wildman–Crippen MR) is 78.0 cm³/mol. The molecule has 102 valence electrons. The molecule has 1 aliphatic heterocycles. The van der Waals surface area contributed by atoms with Crippen molar-refractivity contribution >= 4 is 11.3 Å². The van der Waals surface area contributed by atoms with Gasteiger partial charge in [0.1, 0.15) is 5.01 Å². The molecule has 0 bridgehead atoms. The minimum atomic E-state index is 0.376. The first-order chi connectivity index (χ1) is 8.76. The number of hydrogen-bond donors (Lipinski definition) is 2. The van der Waals surface area contributed by atoms with Crippen LogP contribution in [0.3, 0.4) is 0 Å². The SMILES string of the molecule is CCCC1(CNC(C)c2nccs2)CCCNC1. The number of hydrogen-bond acceptors (Lipinski definition) is 4. The van der Waals surface area contributed by atoms with E-state index in [1.807, 2.05) is 6.20 Å². The number of nitrogens with zero attached hydrogens (tertiary/aromatic N) is 1. The Labute approximate surface area is 114 Å². The van der Waals surface area contributed by atoms with Crippen LogP contribution in [0.5, 0.6) is 0 Å². The van der Waals surface area contributed by atoms with E-state index in [0.29, 0.717) is 11.5 Å². The van der Waals surface area contributed by atoms with E-state index < -0.39 is 0 Å². The van der Waals surface area contributed by atoms with E-state index in [1.165, 1.54) is 43.8 Å². The van der Waals surface area contributed by atoms with Gasteiger partial charge < -0.3 is 10.6 Å². The Bertz CT molecular complexity index is 325. The third kappa shape index (κ3) is 3.53. The van der Waals surface area contributed by atoms with Crippen molar-refractivity contribution in [2.24, 2.45) is 5.41 Å². The number of nitrogens with one attached hydrogen (secondary N) is 2. The van der Waals surface area contributed by atoms with Crippen LogP contribution < -0.4 is 10.6 Å². The lowest BCUT2D eigenvalue weighted by Crippen LogP contribution is -2.46. The molecule has 1 aromatic heterocycles. The monoisotopic (exact) mass is 267 g/mol. The van der Waals surface area contributed by atoms with Gasteiger partial charge in [-0.1, -0.05) is 13.3 Å². The molecule has 1 aliphatic rings. The molecule has 3 nitrogen and oxygen atoms in total. The molecule has 2 rings (SSSR count). The van der Waals surface area contributed by atoms with Crippen molar-refractivity contribution in [1.29, 1.82) is 0 Å². The van der Waals surface area contributed by atoms with E-state index in [-0.39, 0.29) is 0 Å². The van der Waals surface area contributed by atoms with Crippen LogP contribution in [0.25, 0.3) is 0 Å². The number of aromatic nitrogens is 1. The molecule has 0 aliphatic carbocycles. The van der Waals surface area contributed by atoms with Crippen molar-refractivity contribution in [1.82, 2.24) is 15.6 Å². The van der Waals surface area contributed by atoms with Crippen molar-refractivity contribution in [3.8, 4) is 0 Å². The Morgan fingerprint density at radius 1 is 1.61 bits per heavy atom. The van der Waals surface area contributed by atoms with Gasteiger partial charge >= 0.3 is 0 Å². The first-order valence-electron chi connectivity index (χ1n) is 7.09. The smallest absolute Gasteiger partial charge is 0.109 e. The quantitative estimate of drug-likeness (QED) is 0.832. The minimum absolute atomic E-state index is 0.376. The standard InChI is InChI=1S/C14H25N3S/c1-3-5-14(6-4-7-15-10-14)11-17-12(2)13-16-8-9-18-13/h8-9,12,15,17H,3-7,10-11H2,1-2H3. The second-order valence-electron chi connectivity index (χ2n) is 5.50. The highest BCUT2D eigenvalue weighted by molar-refractivity contribution is 7.09. The molecule has 2 unspecified atom stereocenters. The summed E-state index contributed by atoms with van der Waals surface area (Å²) in [7, 11) is 0. The van der Waals surface area contributed by atoms with Gasteiger partial charge in [-0.3, -0.25) is 0 Å². The Balaban J connectivity index is 1.89. The van der Waals surface area contributed by atoms with Gasteiger partial charge in [0, 0.05) is 24.7 Å². The molecule has 2 atom stereocenters. The molecular weight excluding hydrogens is 242 g/mol. The van der Waals surface area contributed by atoms with Crippen molar-refractivity contribution in [3.05, 3.63) is 16.6 Å². The van der Waals surface area contributed by atoms with Gasteiger partial charge in [-0.15, -0.1) is 11.3 Å². The molecule has 0 amide bonds. The lowest BCUT2D eigenvalue weighted by atomic mass is 9.77. The summed E-state index contributed by atoms with van der Waals surface area (Å²) in [5, 5.41) is 10.5. The van der Waals surface area contributed by atoms with Crippen LogP contribution in [-0.4, -0.2) is 24.6 Å². The van der Waals surface area contributed by atoms with Gasteiger partial charge in [-0.25, -0.2) is 4.98 Å². The minimum Gasteiger partial charge on any atom is -0.316 e. The first kappa shape index (κ1) is 14.0. The summed E-state index contributed by atoms with van der Waals surface area (Å²) < 4.78 is 0. The molecule has 0 saturated carbocycles. The zero-order valence-corrected chi connectivity index (χ0v) is 12.4. The number of thiazole rings is 1. The third-order valence-electron chi connectivity index (χ3n) is 3.95. The predicted octanol–water partition coefficient (Wildman–Crippen LogP) is 2.96. The average molecular weight is 267 g/mol. The Kier molecular flexibility index (Phi) is 5.15. The zero-order chi connectivity index (χ0) is 12.8. The molecule has 1 saturated heterocycles. The summed E-state index contributed by atoms with van der Waals surface area (Å²) in [6, 6.07) is 0.376. The highest BCUT2D eigenvalue weighted by Gasteiger charge is 2.31. The van der Waals surface area contributed by atoms with E-state index >= 15 is 0 Å². The molecule has 4 heteroatoms. The van der Waals surface area contributed by atoms with Crippen molar-refractivity contribution in [2.45, 2.75) is 45.6 Å². The van der Waals surface area contributed by atoms with Gasteiger partial charge in [0.15, 0.2) is 0 Å². The lowest BCUT2D eigenvalue weighted by molar-refractivity contribution is 0.177. The molecule has 1 fully saturated rings. The Morgan fingerprint density at radius 2 is 2.50 bits per heavy atom. The highest BCUT2D eigenvalue weighted by Crippen LogP contribution is 2.31. The Morgan fingerprint density at radius 3 is 3.11 bits per heavy atom. The second kappa shape index (κ2) is 6.64. The normalized spacial score (nSPS) is 26.1. The summed E-state index contributed by atoms with van der Waals surface area (Å²) >= 11 is 1.74. The fourth-order valence-electron chi connectivity index (χ4n) is 2.92. The summed E-state index contributed by atoms with van der Waals surface area (Å²) in [6.07, 6.45) is 7.15. The van der Waals surface area contributed by atoms with Gasteiger partial charge in [0.05, 0.1) is 6.04 Å². The third-order valence-corrected chi connectivity index (χ3v) is 4.90. The maximum absolute atomic E-state index is 4.39. The van der Waals surface area contributed by atoms with Crippen LogP contribution in [-0.2, 0) is 0 Å². The Hall–Kier alpha value is -0.450.